The van der Waals surface area contributed by atoms with Crippen LogP contribution in [-0.2, 0) is 6.54 Å². The molecule has 0 amide bonds. The van der Waals surface area contributed by atoms with Gasteiger partial charge >= 0.3 is 0 Å². The first-order valence-corrected chi connectivity index (χ1v) is 8.15. The molecule has 114 valence electrons. The van der Waals surface area contributed by atoms with Crippen molar-refractivity contribution in [3.05, 3.63) is 51.0 Å². The van der Waals surface area contributed by atoms with E-state index in [9.17, 15) is 4.39 Å². The van der Waals surface area contributed by atoms with Crippen molar-refractivity contribution in [1.29, 1.82) is 0 Å². The summed E-state index contributed by atoms with van der Waals surface area (Å²) in [6.07, 6.45) is 2.60. The van der Waals surface area contributed by atoms with Gasteiger partial charge in [0.2, 0.25) is 0 Å². The Labute approximate surface area is 137 Å². The van der Waals surface area contributed by atoms with Crippen LogP contribution in [0.5, 0.6) is 0 Å². The van der Waals surface area contributed by atoms with Crippen molar-refractivity contribution in [3.8, 4) is 0 Å². The van der Waals surface area contributed by atoms with Crippen LogP contribution in [-0.4, -0.2) is 16.3 Å². The van der Waals surface area contributed by atoms with Gasteiger partial charge in [0, 0.05) is 6.54 Å². The lowest BCUT2D eigenvalue weighted by atomic mass is 10.0. The molecule has 6 heteroatoms. The maximum absolute atomic E-state index is 13.8. The fourth-order valence-electron chi connectivity index (χ4n) is 2.35. The number of aromatic nitrogens is 2. The van der Waals surface area contributed by atoms with E-state index in [0.717, 1.165) is 30.8 Å². The molecule has 2 rings (SSSR count). The number of benzene rings is 1. The van der Waals surface area contributed by atoms with Gasteiger partial charge in [-0.1, -0.05) is 37.6 Å². The molecule has 0 aliphatic carbocycles. The van der Waals surface area contributed by atoms with Gasteiger partial charge in [0.1, 0.15) is 5.82 Å². The Hall–Kier alpha value is -0.910. The molecule has 0 saturated heterocycles. The third-order valence-corrected chi connectivity index (χ3v) is 4.37. The molecule has 1 heterocycles. The van der Waals surface area contributed by atoms with Crippen molar-refractivity contribution in [1.82, 2.24) is 15.1 Å². The molecule has 0 saturated carbocycles. The maximum Gasteiger partial charge on any atom is 0.137 e. The van der Waals surface area contributed by atoms with E-state index in [-0.39, 0.29) is 11.9 Å². The standard InChI is InChI=1S/C15H18BrClFN3/c1-3-8-21-15(11(17)9-20-21)14(19-4-2)10-6-5-7-12(18)13(10)16/h5-7,9,14,19H,3-4,8H2,1-2H3. The van der Waals surface area contributed by atoms with Gasteiger partial charge in [0.15, 0.2) is 0 Å². The summed E-state index contributed by atoms with van der Waals surface area (Å²) in [6.45, 7) is 5.60. The lowest BCUT2D eigenvalue weighted by Crippen LogP contribution is -2.26. The first-order valence-electron chi connectivity index (χ1n) is 6.98. The highest BCUT2D eigenvalue weighted by molar-refractivity contribution is 9.10. The minimum absolute atomic E-state index is 0.207. The third kappa shape index (κ3) is 3.47. The van der Waals surface area contributed by atoms with Gasteiger partial charge in [-0.05, 0) is 40.5 Å². The summed E-state index contributed by atoms with van der Waals surface area (Å²) in [6, 6.07) is 4.82. The zero-order chi connectivity index (χ0) is 15.4. The van der Waals surface area contributed by atoms with E-state index in [2.05, 4.69) is 33.3 Å². The molecule has 1 aromatic carbocycles. The highest BCUT2D eigenvalue weighted by Crippen LogP contribution is 2.33. The maximum atomic E-state index is 13.8. The van der Waals surface area contributed by atoms with E-state index in [1.165, 1.54) is 6.07 Å². The zero-order valence-electron chi connectivity index (χ0n) is 12.0. The summed E-state index contributed by atoms with van der Waals surface area (Å²) in [4.78, 5) is 0. The van der Waals surface area contributed by atoms with Crippen LogP contribution in [0.15, 0.2) is 28.9 Å². The van der Waals surface area contributed by atoms with Crippen molar-refractivity contribution in [2.45, 2.75) is 32.9 Å². The van der Waals surface area contributed by atoms with Gasteiger partial charge in [-0.15, -0.1) is 0 Å². The molecule has 21 heavy (non-hydrogen) atoms. The number of rotatable bonds is 6. The Morgan fingerprint density at radius 1 is 1.43 bits per heavy atom. The summed E-state index contributed by atoms with van der Waals surface area (Å²) in [5.74, 6) is -0.284. The first kappa shape index (κ1) is 16.5. The summed E-state index contributed by atoms with van der Waals surface area (Å²) in [5.41, 5.74) is 1.68. The van der Waals surface area contributed by atoms with Crippen LogP contribution in [0, 0.1) is 5.82 Å². The Balaban J connectivity index is 2.53. The van der Waals surface area contributed by atoms with E-state index >= 15 is 0 Å². The van der Waals surface area contributed by atoms with Crippen molar-refractivity contribution >= 4 is 27.5 Å². The second kappa shape index (κ2) is 7.38. The minimum atomic E-state index is -0.284. The predicted molar refractivity (Wildman–Crippen MR) is 87.1 cm³/mol. The lowest BCUT2D eigenvalue weighted by molar-refractivity contribution is 0.516. The predicted octanol–water partition coefficient (Wildman–Crippen LogP) is 4.55. The topological polar surface area (TPSA) is 29.9 Å². The van der Waals surface area contributed by atoms with Gasteiger partial charge in [-0.25, -0.2) is 4.39 Å². The molecular weight excluding hydrogens is 357 g/mol. The molecule has 1 aromatic heterocycles. The van der Waals surface area contributed by atoms with E-state index < -0.39 is 0 Å². The van der Waals surface area contributed by atoms with Crippen LogP contribution >= 0.6 is 27.5 Å². The molecule has 0 fully saturated rings. The second-order valence-corrected chi connectivity index (χ2v) is 5.93. The van der Waals surface area contributed by atoms with Crippen molar-refractivity contribution in [2.75, 3.05) is 6.54 Å². The van der Waals surface area contributed by atoms with Crippen LogP contribution in [0.25, 0.3) is 0 Å². The van der Waals surface area contributed by atoms with Crippen molar-refractivity contribution < 1.29 is 4.39 Å². The number of hydrogen-bond acceptors (Lipinski definition) is 2. The Morgan fingerprint density at radius 2 is 2.19 bits per heavy atom. The van der Waals surface area contributed by atoms with E-state index in [4.69, 9.17) is 11.6 Å². The Morgan fingerprint density at radius 3 is 2.86 bits per heavy atom. The largest absolute Gasteiger partial charge is 0.305 e. The quantitative estimate of drug-likeness (QED) is 0.804. The molecule has 0 radical (unpaired) electrons. The second-order valence-electron chi connectivity index (χ2n) is 4.73. The van der Waals surface area contributed by atoms with Gasteiger partial charge in [-0.3, -0.25) is 4.68 Å². The SMILES string of the molecule is CCCn1ncc(Cl)c1C(NCC)c1cccc(F)c1Br. The smallest absolute Gasteiger partial charge is 0.137 e. The molecule has 1 N–H and O–H groups in total. The van der Waals surface area contributed by atoms with Crippen LogP contribution < -0.4 is 5.32 Å². The number of aryl methyl sites for hydroxylation is 1. The average molecular weight is 375 g/mol. The lowest BCUT2D eigenvalue weighted by Gasteiger charge is -2.22. The molecule has 1 unspecified atom stereocenters. The highest BCUT2D eigenvalue weighted by atomic mass is 79.9. The monoisotopic (exact) mass is 373 g/mol. The molecular formula is C15H18BrClFN3. The van der Waals surface area contributed by atoms with Crippen molar-refractivity contribution in [2.24, 2.45) is 0 Å². The van der Waals surface area contributed by atoms with E-state index in [0.29, 0.717) is 9.50 Å². The number of nitrogens with zero attached hydrogens (tertiary/aromatic N) is 2. The normalized spacial score (nSPS) is 12.6. The summed E-state index contributed by atoms with van der Waals surface area (Å²) in [7, 11) is 0. The Kier molecular flexibility index (Phi) is 5.79. The minimum Gasteiger partial charge on any atom is -0.305 e. The van der Waals surface area contributed by atoms with Crippen LogP contribution in [0.1, 0.15) is 37.6 Å². The number of nitrogens with one attached hydrogen (secondary N) is 1. The fraction of sp³-hybridized carbons (Fsp3) is 0.400. The molecule has 0 aliphatic rings. The van der Waals surface area contributed by atoms with E-state index in [1.54, 1.807) is 12.3 Å². The zero-order valence-corrected chi connectivity index (χ0v) is 14.4. The average Bonchev–Trinajstić information content (AvgIpc) is 2.81. The van der Waals surface area contributed by atoms with Crippen LogP contribution in [0.3, 0.4) is 0 Å². The number of hydrogen-bond donors (Lipinski definition) is 1. The summed E-state index contributed by atoms with van der Waals surface area (Å²) < 4.78 is 16.2. The molecule has 2 aromatic rings. The summed E-state index contributed by atoms with van der Waals surface area (Å²) in [5, 5.41) is 8.28. The van der Waals surface area contributed by atoms with Gasteiger partial charge in [0.25, 0.3) is 0 Å². The highest BCUT2D eigenvalue weighted by Gasteiger charge is 2.24. The third-order valence-electron chi connectivity index (χ3n) is 3.24. The van der Waals surface area contributed by atoms with Crippen LogP contribution in [0.4, 0.5) is 4.39 Å². The van der Waals surface area contributed by atoms with Gasteiger partial charge < -0.3 is 5.32 Å². The van der Waals surface area contributed by atoms with Crippen LogP contribution in [0.2, 0.25) is 5.02 Å². The molecule has 1 atom stereocenters. The molecule has 0 spiro atoms. The van der Waals surface area contributed by atoms with Gasteiger partial charge in [0.05, 0.1) is 27.4 Å². The fourth-order valence-corrected chi connectivity index (χ4v) is 3.09. The van der Waals surface area contributed by atoms with Gasteiger partial charge in [-0.2, -0.15) is 5.10 Å². The number of halogens is 3. The summed E-state index contributed by atoms with van der Waals surface area (Å²) >= 11 is 9.66. The van der Waals surface area contributed by atoms with Crippen molar-refractivity contribution in [3.63, 3.8) is 0 Å². The molecule has 3 nitrogen and oxygen atoms in total. The Bertz CT molecular complexity index is 615. The van der Waals surface area contributed by atoms with E-state index in [1.807, 2.05) is 17.7 Å². The molecule has 0 bridgehead atoms. The molecule has 0 aliphatic heterocycles. The first-order chi connectivity index (χ1) is 10.1.